The Morgan fingerprint density at radius 2 is 2.05 bits per heavy atom. The average Bonchev–Trinajstić information content (AvgIpc) is 2.44. The highest BCUT2D eigenvalue weighted by molar-refractivity contribution is 6.32. The molecule has 6 nitrogen and oxygen atoms in total. The summed E-state index contributed by atoms with van der Waals surface area (Å²) in [4.78, 5) is 24.6. The van der Waals surface area contributed by atoms with Crippen molar-refractivity contribution in [2.75, 3.05) is 39.7 Å². The zero-order chi connectivity index (χ0) is 15.8. The lowest BCUT2D eigenvalue weighted by atomic mass is 10.3. The maximum absolute atomic E-state index is 11.9. The van der Waals surface area contributed by atoms with Gasteiger partial charge in [-0.2, -0.15) is 0 Å². The SMILES string of the molecule is COC(=O)CCN(C)CC(=O)Nc1ccc(OC)c(Cl)c1. The molecule has 0 bridgehead atoms. The van der Waals surface area contributed by atoms with Gasteiger partial charge in [0.05, 0.1) is 32.2 Å². The predicted molar refractivity (Wildman–Crippen MR) is 80.8 cm³/mol. The first kappa shape index (κ1) is 17.3. The molecule has 0 aliphatic carbocycles. The third kappa shape index (κ3) is 6.01. The number of rotatable bonds is 7. The molecule has 1 amide bonds. The number of hydrogen-bond donors (Lipinski definition) is 1. The van der Waals surface area contributed by atoms with E-state index in [0.717, 1.165) is 0 Å². The number of nitrogens with zero attached hydrogens (tertiary/aromatic N) is 1. The van der Waals surface area contributed by atoms with E-state index in [1.165, 1.54) is 14.2 Å². The number of nitrogens with one attached hydrogen (secondary N) is 1. The van der Waals surface area contributed by atoms with Crippen molar-refractivity contribution >= 4 is 29.2 Å². The van der Waals surface area contributed by atoms with Gasteiger partial charge in [0.1, 0.15) is 5.75 Å². The summed E-state index contributed by atoms with van der Waals surface area (Å²) in [5.41, 5.74) is 0.590. The summed E-state index contributed by atoms with van der Waals surface area (Å²) in [6, 6.07) is 5.00. The fourth-order valence-corrected chi connectivity index (χ4v) is 1.91. The average molecular weight is 315 g/mol. The van der Waals surface area contributed by atoms with E-state index in [1.54, 1.807) is 30.1 Å². The number of carbonyl (C=O) groups excluding carboxylic acids is 2. The molecule has 0 saturated heterocycles. The van der Waals surface area contributed by atoms with Crippen LogP contribution in [-0.4, -0.2) is 51.1 Å². The smallest absolute Gasteiger partial charge is 0.306 e. The van der Waals surface area contributed by atoms with Gasteiger partial charge in [-0.05, 0) is 25.2 Å². The molecule has 7 heteroatoms. The highest BCUT2D eigenvalue weighted by Gasteiger charge is 2.10. The molecule has 0 fully saturated rings. The first-order chi connectivity index (χ1) is 9.96. The van der Waals surface area contributed by atoms with Gasteiger partial charge in [-0.3, -0.25) is 14.5 Å². The van der Waals surface area contributed by atoms with Crippen LogP contribution in [0, 0.1) is 0 Å². The molecule has 0 saturated carbocycles. The van der Waals surface area contributed by atoms with Crippen LogP contribution in [-0.2, 0) is 14.3 Å². The first-order valence-corrected chi connectivity index (χ1v) is 6.72. The molecule has 0 aliphatic heterocycles. The van der Waals surface area contributed by atoms with Crippen LogP contribution in [0.1, 0.15) is 6.42 Å². The molecule has 0 spiro atoms. The van der Waals surface area contributed by atoms with Gasteiger partial charge >= 0.3 is 5.97 Å². The maximum Gasteiger partial charge on any atom is 0.306 e. The number of carbonyl (C=O) groups is 2. The Morgan fingerprint density at radius 1 is 1.33 bits per heavy atom. The van der Waals surface area contributed by atoms with E-state index in [-0.39, 0.29) is 24.8 Å². The molecule has 0 atom stereocenters. The van der Waals surface area contributed by atoms with Crippen LogP contribution in [0.15, 0.2) is 18.2 Å². The van der Waals surface area contributed by atoms with Crippen LogP contribution in [0.5, 0.6) is 5.75 Å². The van der Waals surface area contributed by atoms with Gasteiger partial charge in [-0.1, -0.05) is 11.6 Å². The van der Waals surface area contributed by atoms with Crippen molar-refractivity contribution in [3.63, 3.8) is 0 Å². The molecule has 1 aromatic rings. The number of hydrogen-bond acceptors (Lipinski definition) is 5. The van der Waals surface area contributed by atoms with Crippen molar-refractivity contribution in [1.29, 1.82) is 0 Å². The molecule has 116 valence electrons. The molecule has 21 heavy (non-hydrogen) atoms. The van der Waals surface area contributed by atoms with Gasteiger partial charge < -0.3 is 14.8 Å². The largest absolute Gasteiger partial charge is 0.495 e. The summed E-state index contributed by atoms with van der Waals surface area (Å²) >= 11 is 5.98. The Bertz CT molecular complexity index is 508. The molecule has 0 radical (unpaired) electrons. The summed E-state index contributed by atoms with van der Waals surface area (Å²) in [6.07, 6.45) is 0.245. The van der Waals surface area contributed by atoms with Crippen LogP contribution >= 0.6 is 11.6 Å². The molecule has 0 unspecified atom stereocenters. The summed E-state index contributed by atoms with van der Waals surface area (Å²) in [6.45, 7) is 0.615. The summed E-state index contributed by atoms with van der Waals surface area (Å²) in [5, 5.41) is 3.16. The minimum absolute atomic E-state index is 0.167. The highest BCUT2D eigenvalue weighted by atomic mass is 35.5. The fourth-order valence-electron chi connectivity index (χ4n) is 1.65. The number of anilines is 1. The number of halogens is 1. The maximum atomic E-state index is 11.9. The number of likely N-dealkylation sites (N-methyl/N-ethyl adjacent to an activating group) is 1. The lowest BCUT2D eigenvalue weighted by molar-refractivity contribution is -0.141. The van der Waals surface area contributed by atoms with E-state index in [4.69, 9.17) is 16.3 Å². The van der Waals surface area contributed by atoms with E-state index in [1.807, 2.05) is 0 Å². The van der Waals surface area contributed by atoms with Crippen LogP contribution in [0.2, 0.25) is 5.02 Å². The molecule has 1 aromatic carbocycles. The van der Waals surface area contributed by atoms with E-state index in [9.17, 15) is 9.59 Å². The van der Waals surface area contributed by atoms with E-state index in [2.05, 4.69) is 10.1 Å². The molecule has 0 heterocycles. The van der Waals surface area contributed by atoms with Crippen molar-refractivity contribution < 1.29 is 19.1 Å². The minimum atomic E-state index is -0.302. The zero-order valence-corrected chi connectivity index (χ0v) is 13.1. The first-order valence-electron chi connectivity index (χ1n) is 6.35. The van der Waals surface area contributed by atoms with Gasteiger partial charge in [0.2, 0.25) is 5.91 Å². The highest BCUT2D eigenvalue weighted by Crippen LogP contribution is 2.27. The van der Waals surface area contributed by atoms with Crippen LogP contribution < -0.4 is 10.1 Å². The molecule has 0 aliphatic rings. The Hall–Kier alpha value is -1.79. The van der Waals surface area contributed by atoms with Gasteiger partial charge in [0, 0.05) is 12.2 Å². The Morgan fingerprint density at radius 3 is 2.62 bits per heavy atom. The third-order valence-electron chi connectivity index (χ3n) is 2.77. The minimum Gasteiger partial charge on any atom is -0.495 e. The second-order valence-electron chi connectivity index (χ2n) is 4.46. The van der Waals surface area contributed by atoms with Crippen molar-refractivity contribution in [3.8, 4) is 5.75 Å². The summed E-state index contributed by atoms with van der Waals surface area (Å²) < 4.78 is 9.58. The van der Waals surface area contributed by atoms with Crippen LogP contribution in [0.3, 0.4) is 0 Å². The fraction of sp³-hybridized carbons (Fsp3) is 0.429. The number of benzene rings is 1. The van der Waals surface area contributed by atoms with Crippen molar-refractivity contribution in [2.45, 2.75) is 6.42 Å². The van der Waals surface area contributed by atoms with Crippen molar-refractivity contribution in [1.82, 2.24) is 4.90 Å². The van der Waals surface area contributed by atoms with E-state index < -0.39 is 0 Å². The number of amides is 1. The molecule has 1 N–H and O–H groups in total. The third-order valence-corrected chi connectivity index (χ3v) is 3.07. The molecular formula is C14H19ClN2O4. The summed E-state index contributed by atoms with van der Waals surface area (Å²) in [7, 11) is 4.61. The quantitative estimate of drug-likeness (QED) is 0.777. The normalized spacial score (nSPS) is 10.3. The lowest BCUT2D eigenvalue weighted by Gasteiger charge is -2.15. The van der Waals surface area contributed by atoms with Gasteiger partial charge in [-0.15, -0.1) is 0 Å². The molecular weight excluding hydrogens is 296 g/mol. The Kier molecular flexibility index (Phi) is 6.98. The number of esters is 1. The number of ether oxygens (including phenoxy) is 2. The van der Waals surface area contributed by atoms with Gasteiger partial charge in [-0.25, -0.2) is 0 Å². The van der Waals surface area contributed by atoms with Gasteiger partial charge in [0.15, 0.2) is 0 Å². The lowest BCUT2D eigenvalue weighted by Crippen LogP contribution is -2.31. The topological polar surface area (TPSA) is 67.9 Å². The second kappa shape index (κ2) is 8.49. The monoisotopic (exact) mass is 314 g/mol. The van der Waals surface area contributed by atoms with Gasteiger partial charge in [0.25, 0.3) is 0 Å². The zero-order valence-electron chi connectivity index (χ0n) is 12.3. The van der Waals surface area contributed by atoms with Crippen LogP contribution in [0.25, 0.3) is 0 Å². The van der Waals surface area contributed by atoms with Crippen LogP contribution in [0.4, 0.5) is 5.69 Å². The standard InChI is InChI=1S/C14H19ClN2O4/c1-17(7-6-14(19)21-3)9-13(18)16-10-4-5-12(20-2)11(15)8-10/h4-5,8H,6-7,9H2,1-3H3,(H,16,18). The van der Waals surface area contributed by atoms with Crippen molar-refractivity contribution in [3.05, 3.63) is 23.2 Å². The Balaban J connectivity index is 2.46. The second-order valence-corrected chi connectivity index (χ2v) is 4.87. The molecule has 1 rings (SSSR count). The Labute approximate surface area is 129 Å². The number of methoxy groups -OCH3 is 2. The van der Waals surface area contributed by atoms with E-state index >= 15 is 0 Å². The van der Waals surface area contributed by atoms with Crippen molar-refractivity contribution in [2.24, 2.45) is 0 Å². The molecule has 0 aromatic heterocycles. The predicted octanol–water partition coefficient (Wildman–Crippen LogP) is 1.78. The summed E-state index contributed by atoms with van der Waals surface area (Å²) in [5.74, 6) is 0.0534. The van der Waals surface area contributed by atoms with E-state index in [0.29, 0.717) is 23.0 Å².